The van der Waals surface area contributed by atoms with Gasteiger partial charge in [0.15, 0.2) is 0 Å². The van der Waals surface area contributed by atoms with Crippen LogP contribution >= 0.6 is 0 Å². The molecule has 9 rings (SSSR count). The van der Waals surface area contributed by atoms with Crippen LogP contribution in [-0.4, -0.2) is 0 Å². The van der Waals surface area contributed by atoms with Gasteiger partial charge in [-0.05, 0) is 67.1 Å². The van der Waals surface area contributed by atoms with Crippen LogP contribution in [0.25, 0.3) is 88.3 Å². The molecule has 0 N–H and O–H groups in total. The Balaban J connectivity index is 1.50. The van der Waals surface area contributed by atoms with Crippen molar-refractivity contribution in [2.24, 2.45) is 0 Å². The van der Waals surface area contributed by atoms with Crippen molar-refractivity contribution in [3.05, 3.63) is 182 Å². The first-order chi connectivity index (χ1) is 26.7. The Morgan fingerprint density at radius 2 is 0.766 bits per heavy atom. The van der Waals surface area contributed by atoms with E-state index in [-0.39, 0.29) is 51.3 Å². The second-order valence-corrected chi connectivity index (χ2v) is 11.4. The minimum atomic E-state index is -0.453. The first-order valence-electron chi connectivity index (χ1n) is 19.4. The fraction of sp³-hybridized carbons (Fsp3) is 0. The van der Waals surface area contributed by atoms with Crippen LogP contribution in [0.15, 0.2) is 186 Å². The molecule has 0 bridgehead atoms. The summed E-state index contributed by atoms with van der Waals surface area (Å²) in [6.07, 6.45) is 0. The third-order valence-electron chi connectivity index (χ3n) is 8.74. The van der Waals surface area contributed by atoms with E-state index in [0.29, 0.717) is 39.0 Å². The third-order valence-corrected chi connectivity index (χ3v) is 8.74. The molecule has 0 saturated carbocycles. The summed E-state index contributed by atoms with van der Waals surface area (Å²) in [7, 11) is 0. The Kier molecular flexibility index (Phi) is 4.83. The van der Waals surface area contributed by atoms with Crippen LogP contribution < -0.4 is 0 Å². The van der Waals surface area contributed by atoms with Crippen molar-refractivity contribution in [3.63, 3.8) is 0 Å². The summed E-state index contributed by atoms with van der Waals surface area (Å²) in [6.45, 7) is 0. The lowest BCUT2D eigenvalue weighted by Gasteiger charge is -2.18. The predicted octanol–water partition coefficient (Wildman–Crippen LogP) is 13.1. The molecule has 0 saturated heterocycles. The van der Waals surface area contributed by atoms with Gasteiger partial charge in [0.1, 0.15) is 11.3 Å². The molecule has 1 nitrogen and oxygen atoms in total. The van der Waals surface area contributed by atoms with E-state index < -0.39 is 24.2 Å². The van der Waals surface area contributed by atoms with E-state index in [0.717, 1.165) is 22.3 Å². The highest BCUT2D eigenvalue weighted by Crippen LogP contribution is 2.50. The Morgan fingerprint density at radius 1 is 0.340 bits per heavy atom. The maximum Gasteiger partial charge on any atom is 0.143 e. The molecule has 0 spiro atoms. The van der Waals surface area contributed by atoms with E-state index in [1.165, 1.54) is 0 Å². The van der Waals surface area contributed by atoms with E-state index in [1.807, 2.05) is 109 Å². The van der Waals surface area contributed by atoms with Crippen molar-refractivity contribution in [3.8, 4) is 55.8 Å². The maximum atomic E-state index is 9.46. The van der Waals surface area contributed by atoms with Crippen molar-refractivity contribution in [2.45, 2.75) is 0 Å². The maximum absolute atomic E-state index is 9.46. The molecule has 0 amide bonds. The van der Waals surface area contributed by atoms with E-state index in [1.54, 1.807) is 24.3 Å². The fourth-order valence-corrected chi connectivity index (χ4v) is 6.57. The van der Waals surface area contributed by atoms with E-state index >= 15 is 0 Å². The van der Waals surface area contributed by atoms with Gasteiger partial charge in [0, 0.05) is 22.1 Å². The molecule has 0 aliphatic rings. The summed E-state index contributed by atoms with van der Waals surface area (Å²) in [4.78, 5) is 0. The van der Waals surface area contributed by atoms with Crippen LogP contribution in [0.2, 0.25) is 0 Å². The molecule has 1 heterocycles. The number of furan rings is 1. The molecular weight excluding hydrogens is 569 g/mol. The zero-order valence-electron chi connectivity index (χ0n) is 33.1. The third kappa shape index (κ3) is 4.64. The Morgan fingerprint density at radius 3 is 1.32 bits per heavy atom. The lowest BCUT2D eigenvalue weighted by molar-refractivity contribution is 0.632. The lowest BCUT2D eigenvalue weighted by Crippen LogP contribution is -1.91. The molecule has 9 aromatic rings. The molecule has 0 fully saturated rings. The van der Waals surface area contributed by atoms with E-state index in [9.17, 15) is 5.48 Å². The zero-order chi connectivity index (χ0) is 38.1. The second-order valence-electron chi connectivity index (χ2n) is 11.4. The largest absolute Gasteiger partial charge is 0.455 e. The lowest BCUT2D eigenvalue weighted by atomic mass is 9.84. The van der Waals surface area contributed by atoms with Gasteiger partial charge in [0.05, 0.1) is 11.0 Å². The minimum absolute atomic E-state index is 0.138. The minimum Gasteiger partial charge on any atom is -0.455 e. The molecule has 47 heavy (non-hydrogen) atoms. The summed E-state index contributed by atoms with van der Waals surface area (Å²) in [6, 6.07) is 39.5. The Hall–Kier alpha value is -6.18. The summed E-state index contributed by atoms with van der Waals surface area (Å²) < 4.78 is 79.8. The average molecular weight is 607 g/mol. The van der Waals surface area contributed by atoms with Gasteiger partial charge in [-0.1, -0.05) is 170 Å². The van der Waals surface area contributed by atoms with Crippen LogP contribution in [0, 0.1) is 0 Å². The van der Waals surface area contributed by atoms with Crippen LogP contribution in [-0.2, 0) is 0 Å². The van der Waals surface area contributed by atoms with Crippen LogP contribution in [0.3, 0.4) is 0 Å². The molecule has 0 aliphatic heterocycles. The van der Waals surface area contributed by atoms with Crippen LogP contribution in [0.5, 0.6) is 0 Å². The molecule has 0 radical (unpaired) electrons. The van der Waals surface area contributed by atoms with Crippen molar-refractivity contribution < 1.29 is 15.4 Å². The normalized spacial score (nSPS) is 13.8. The Labute approximate surface area is 285 Å². The molecule has 0 unspecified atom stereocenters. The van der Waals surface area contributed by atoms with E-state index in [4.69, 9.17) is 9.90 Å². The van der Waals surface area contributed by atoms with Gasteiger partial charge in [-0.15, -0.1) is 0 Å². The van der Waals surface area contributed by atoms with Gasteiger partial charge in [-0.3, -0.25) is 0 Å². The van der Waals surface area contributed by atoms with Gasteiger partial charge >= 0.3 is 0 Å². The number of benzene rings is 8. The first-order valence-corrected chi connectivity index (χ1v) is 15.4. The number of fused-ring (bicyclic) bond motifs is 3. The van der Waals surface area contributed by atoms with Gasteiger partial charge < -0.3 is 4.42 Å². The van der Waals surface area contributed by atoms with Crippen molar-refractivity contribution in [1.82, 2.24) is 0 Å². The van der Waals surface area contributed by atoms with Gasteiger partial charge in [-0.2, -0.15) is 0 Å². The molecule has 220 valence electrons. The average Bonchev–Trinajstić information content (AvgIpc) is 3.61. The summed E-state index contributed by atoms with van der Waals surface area (Å²) in [5, 5.41) is 1.21. The summed E-state index contributed by atoms with van der Waals surface area (Å²) >= 11 is 0. The smallest absolute Gasteiger partial charge is 0.143 e. The SMILES string of the molecule is [2H]c1c([2H])c([2H])c2c(-c3c(-c4ccc(-c5ccccc5)cc4)oc4cc(-c5ccccc5)ccc34)c3c([2H])c([2H])c([2H])c([2H])c3c(-c3ccccc3)c2c1[2H]. The van der Waals surface area contributed by atoms with Crippen LogP contribution in [0.4, 0.5) is 0 Å². The van der Waals surface area contributed by atoms with Gasteiger partial charge in [0.2, 0.25) is 0 Å². The van der Waals surface area contributed by atoms with Gasteiger partial charge in [0.25, 0.3) is 0 Å². The second kappa shape index (κ2) is 11.3. The molecule has 8 aromatic carbocycles. The summed E-state index contributed by atoms with van der Waals surface area (Å²) in [5.41, 5.74) is 6.66. The Bertz CT molecular complexity index is 2900. The zero-order valence-corrected chi connectivity index (χ0v) is 25.1. The monoisotopic (exact) mass is 606 g/mol. The fourth-order valence-electron chi connectivity index (χ4n) is 6.57. The topological polar surface area (TPSA) is 13.1 Å². The first kappa shape index (κ1) is 20.0. The number of hydrogen-bond donors (Lipinski definition) is 0. The molecular formula is C46H30O. The highest BCUT2D eigenvalue weighted by molar-refractivity contribution is 6.25. The highest BCUT2D eigenvalue weighted by Gasteiger charge is 2.24. The van der Waals surface area contributed by atoms with Gasteiger partial charge in [-0.25, -0.2) is 0 Å². The summed E-state index contributed by atoms with van der Waals surface area (Å²) in [5.74, 6) is 0.398. The quantitative estimate of drug-likeness (QED) is 0.178. The van der Waals surface area contributed by atoms with Crippen LogP contribution in [0.1, 0.15) is 11.0 Å². The molecule has 1 aromatic heterocycles. The molecule has 1 heteroatoms. The van der Waals surface area contributed by atoms with Crippen molar-refractivity contribution in [1.29, 1.82) is 0 Å². The molecule has 0 aliphatic carbocycles. The predicted molar refractivity (Wildman–Crippen MR) is 198 cm³/mol. The number of rotatable bonds is 5. The van der Waals surface area contributed by atoms with Crippen molar-refractivity contribution >= 4 is 32.5 Å². The van der Waals surface area contributed by atoms with E-state index in [2.05, 4.69) is 0 Å². The molecule has 0 atom stereocenters. The highest BCUT2D eigenvalue weighted by atomic mass is 16.3. The number of hydrogen-bond acceptors (Lipinski definition) is 1. The van der Waals surface area contributed by atoms with Crippen molar-refractivity contribution in [2.75, 3.05) is 0 Å². The standard InChI is InChI=1S/C46H30O/c1-4-14-31(15-5-1)33-24-26-35(27-25-33)46-45(41-29-28-36(30-42(41)47-46)32-16-6-2-7-17-32)44-39-22-12-10-20-37(39)43(34-18-8-3-9-19-34)38-21-11-13-23-40(38)44/h1-30H/i10D,11D,12D,13D,20D,21D,22D,23D.